The molecule has 2 heterocycles. The highest BCUT2D eigenvalue weighted by Crippen LogP contribution is 2.40. The van der Waals surface area contributed by atoms with Crippen LogP contribution in [0, 0.1) is 5.92 Å². The Morgan fingerprint density at radius 1 is 1.26 bits per heavy atom. The summed E-state index contributed by atoms with van der Waals surface area (Å²) < 4.78 is 11.5. The third kappa shape index (κ3) is 5.09. The van der Waals surface area contributed by atoms with Gasteiger partial charge in [-0.25, -0.2) is 0 Å². The molecule has 178 valence electrons. The molecule has 0 bridgehead atoms. The van der Waals surface area contributed by atoms with E-state index in [0.29, 0.717) is 35.1 Å². The molecular weight excluding hydrogens is 456 g/mol. The molecule has 0 aliphatic carbocycles. The molecule has 7 nitrogen and oxygen atoms in total. The van der Waals surface area contributed by atoms with Gasteiger partial charge in [-0.15, -0.1) is 0 Å². The smallest absolute Gasteiger partial charge is 0.303 e. The minimum atomic E-state index is -0.832. The second-order valence-corrected chi connectivity index (χ2v) is 8.91. The molecule has 8 heteroatoms. The van der Waals surface area contributed by atoms with Gasteiger partial charge in [0.15, 0.2) is 6.10 Å². The Hall–Kier alpha value is -3.32. The predicted octanol–water partition coefficient (Wildman–Crippen LogP) is 5.04. The normalized spacial score (nSPS) is 16.8. The molecule has 2 aromatic carbocycles. The molecule has 0 radical (unpaired) electrons. The first-order valence-electron chi connectivity index (χ1n) is 11.3. The van der Waals surface area contributed by atoms with E-state index in [-0.39, 0.29) is 18.2 Å². The number of carboxylic acid groups (broad SMARTS) is 1. The number of aliphatic carboxylic acids is 1. The summed E-state index contributed by atoms with van der Waals surface area (Å²) in [6, 6.07) is 12.9. The van der Waals surface area contributed by atoms with Gasteiger partial charge in [0.05, 0.1) is 17.6 Å². The number of carbonyl (C=O) groups is 2. The fraction of sp³-hybridized carbons (Fsp3) is 0.346. The molecule has 1 fully saturated rings. The highest BCUT2D eigenvalue weighted by molar-refractivity contribution is 6.34. The second-order valence-electron chi connectivity index (χ2n) is 8.51. The van der Waals surface area contributed by atoms with Gasteiger partial charge in [0.1, 0.15) is 11.5 Å². The van der Waals surface area contributed by atoms with E-state index in [0.717, 1.165) is 29.4 Å². The molecule has 1 N–H and O–H groups in total. The molecule has 0 spiro atoms. The number of methoxy groups -OCH3 is 1. The van der Waals surface area contributed by atoms with Crippen molar-refractivity contribution in [1.82, 2.24) is 9.88 Å². The number of hydrogen-bond acceptors (Lipinski definition) is 5. The minimum Gasteiger partial charge on any atom is -0.496 e. The summed E-state index contributed by atoms with van der Waals surface area (Å²) >= 11 is 6.49. The molecule has 2 atom stereocenters. The quantitative estimate of drug-likeness (QED) is 0.507. The molecule has 0 saturated carbocycles. The standard InChI is InChI=1S/C26H27ClN2O5/c1-16(26(32)29-12-4-5-17(15-29)13-24(30)31)34-18-8-9-19-20(10-11-28-22(19)14-18)25-21(27)6-3-7-23(25)33-2/h3,6-11,14,16-17H,4-5,12-13,15H2,1-2H3,(H,30,31)/t16?,17-/m1/s1. The Balaban J connectivity index is 1.54. The molecule has 1 saturated heterocycles. The molecule has 1 aliphatic heterocycles. The van der Waals surface area contributed by atoms with E-state index in [1.54, 1.807) is 31.2 Å². The van der Waals surface area contributed by atoms with E-state index < -0.39 is 12.1 Å². The summed E-state index contributed by atoms with van der Waals surface area (Å²) in [6.45, 7) is 2.78. The molecule has 34 heavy (non-hydrogen) atoms. The van der Waals surface area contributed by atoms with Crippen LogP contribution in [-0.4, -0.2) is 53.2 Å². The van der Waals surface area contributed by atoms with E-state index in [1.807, 2.05) is 36.4 Å². The number of benzene rings is 2. The topological polar surface area (TPSA) is 89.0 Å². The van der Waals surface area contributed by atoms with E-state index in [4.69, 9.17) is 26.2 Å². The average molecular weight is 483 g/mol. The lowest BCUT2D eigenvalue weighted by Gasteiger charge is -2.33. The van der Waals surface area contributed by atoms with Crippen molar-refractivity contribution in [2.24, 2.45) is 5.92 Å². The molecule has 1 aliphatic rings. The highest BCUT2D eigenvalue weighted by atomic mass is 35.5. The Bertz CT molecular complexity index is 1220. The van der Waals surface area contributed by atoms with E-state index in [2.05, 4.69) is 4.98 Å². The van der Waals surface area contributed by atoms with Crippen LogP contribution >= 0.6 is 11.6 Å². The van der Waals surface area contributed by atoms with Gasteiger partial charge < -0.3 is 19.5 Å². The molecule has 1 aromatic heterocycles. The fourth-order valence-electron chi connectivity index (χ4n) is 4.55. The van der Waals surface area contributed by atoms with Crippen LogP contribution in [0.2, 0.25) is 5.02 Å². The maximum atomic E-state index is 13.0. The minimum absolute atomic E-state index is 0.0208. The van der Waals surface area contributed by atoms with Gasteiger partial charge in [0, 0.05) is 42.7 Å². The summed E-state index contributed by atoms with van der Waals surface area (Å²) in [5.74, 6) is 0.205. The van der Waals surface area contributed by atoms with Crippen molar-refractivity contribution in [3.63, 3.8) is 0 Å². The SMILES string of the molecule is COc1cccc(Cl)c1-c1ccnc2cc(OC(C)C(=O)N3CCC[C@H](CC(=O)O)C3)ccc12. The maximum absolute atomic E-state index is 13.0. The molecule has 4 rings (SSSR count). The van der Waals surface area contributed by atoms with Gasteiger partial charge in [-0.1, -0.05) is 17.7 Å². The third-order valence-corrected chi connectivity index (χ3v) is 6.45. The van der Waals surface area contributed by atoms with Gasteiger partial charge in [-0.2, -0.15) is 0 Å². The number of likely N-dealkylation sites (tertiary alicyclic amines) is 1. The van der Waals surface area contributed by atoms with Crippen LogP contribution < -0.4 is 9.47 Å². The lowest BCUT2D eigenvalue weighted by molar-refractivity contribution is -0.143. The van der Waals surface area contributed by atoms with Crippen LogP contribution in [0.25, 0.3) is 22.0 Å². The number of hydrogen-bond donors (Lipinski definition) is 1. The summed E-state index contributed by atoms with van der Waals surface area (Å²) in [7, 11) is 1.61. The monoisotopic (exact) mass is 482 g/mol. The third-order valence-electron chi connectivity index (χ3n) is 6.13. The van der Waals surface area contributed by atoms with Gasteiger partial charge in [-0.3, -0.25) is 14.6 Å². The van der Waals surface area contributed by atoms with E-state index >= 15 is 0 Å². The number of aromatic nitrogens is 1. The van der Waals surface area contributed by atoms with Crippen LogP contribution in [0.3, 0.4) is 0 Å². The van der Waals surface area contributed by atoms with Gasteiger partial charge in [0.25, 0.3) is 5.91 Å². The number of amides is 1. The molecule has 1 amide bonds. The summed E-state index contributed by atoms with van der Waals surface area (Å²) in [5.41, 5.74) is 2.38. The number of ether oxygens (including phenoxy) is 2. The van der Waals surface area contributed by atoms with E-state index in [9.17, 15) is 9.59 Å². The van der Waals surface area contributed by atoms with Crippen LogP contribution in [-0.2, 0) is 9.59 Å². The largest absolute Gasteiger partial charge is 0.496 e. The molecule has 3 aromatic rings. The van der Waals surface area contributed by atoms with Gasteiger partial charge in [0.2, 0.25) is 0 Å². The number of pyridine rings is 1. The number of piperidine rings is 1. The number of nitrogens with zero attached hydrogens (tertiary/aromatic N) is 2. The first-order chi connectivity index (χ1) is 16.4. The Labute approximate surface area is 203 Å². The lowest BCUT2D eigenvalue weighted by atomic mass is 9.94. The second kappa shape index (κ2) is 10.3. The number of halogens is 1. The Morgan fingerprint density at radius 3 is 2.85 bits per heavy atom. The number of carboxylic acids is 1. The van der Waals surface area contributed by atoms with Crippen molar-refractivity contribution in [3.8, 4) is 22.6 Å². The van der Waals surface area contributed by atoms with Gasteiger partial charge in [-0.05, 0) is 61.6 Å². The van der Waals surface area contributed by atoms with Crippen molar-refractivity contribution in [2.45, 2.75) is 32.3 Å². The molecule has 1 unspecified atom stereocenters. The zero-order valence-electron chi connectivity index (χ0n) is 19.2. The maximum Gasteiger partial charge on any atom is 0.303 e. The van der Waals surface area contributed by atoms with Crippen LogP contribution in [0.15, 0.2) is 48.7 Å². The summed E-state index contributed by atoms with van der Waals surface area (Å²) in [6.07, 6.45) is 2.70. The van der Waals surface area contributed by atoms with Crippen molar-refractivity contribution >= 4 is 34.4 Å². The van der Waals surface area contributed by atoms with Crippen LogP contribution in [0.1, 0.15) is 26.2 Å². The van der Waals surface area contributed by atoms with Crippen molar-refractivity contribution in [2.75, 3.05) is 20.2 Å². The first kappa shape index (κ1) is 23.8. The van der Waals surface area contributed by atoms with E-state index in [1.165, 1.54) is 0 Å². The van der Waals surface area contributed by atoms with Crippen LogP contribution in [0.5, 0.6) is 11.5 Å². The predicted molar refractivity (Wildman–Crippen MR) is 130 cm³/mol. The number of rotatable bonds is 7. The lowest BCUT2D eigenvalue weighted by Crippen LogP contribution is -2.46. The summed E-state index contributed by atoms with van der Waals surface area (Å²) in [5, 5.41) is 10.5. The zero-order valence-corrected chi connectivity index (χ0v) is 19.9. The Kier molecular flexibility index (Phi) is 7.22. The first-order valence-corrected chi connectivity index (χ1v) is 11.6. The summed E-state index contributed by atoms with van der Waals surface area (Å²) in [4.78, 5) is 30.2. The highest BCUT2D eigenvalue weighted by Gasteiger charge is 2.29. The van der Waals surface area contributed by atoms with Crippen molar-refractivity contribution < 1.29 is 24.2 Å². The van der Waals surface area contributed by atoms with Gasteiger partial charge >= 0.3 is 5.97 Å². The van der Waals surface area contributed by atoms with Crippen molar-refractivity contribution in [1.29, 1.82) is 0 Å². The number of carbonyl (C=O) groups excluding carboxylic acids is 1. The average Bonchev–Trinajstić information content (AvgIpc) is 2.82. The zero-order chi connectivity index (χ0) is 24.2. The van der Waals surface area contributed by atoms with Crippen LogP contribution in [0.4, 0.5) is 0 Å². The number of fused-ring (bicyclic) bond motifs is 1. The molecular formula is C26H27ClN2O5. The van der Waals surface area contributed by atoms with Crippen molar-refractivity contribution in [3.05, 3.63) is 53.7 Å². The fourth-order valence-corrected chi connectivity index (χ4v) is 4.81. The Morgan fingerprint density at radius 2 is 2.09 bits per heavy atom.